The van der Waals surface area contributed by atoms with Gasteiger partial charge < -0.3 is 9.63 Å². The van der Waals surface area contributed by atoms with Crippen LogP contribution in [0, 0.1) is 13.8 Å². The summed E-state index contributed by atoms with van der Waals surface area (Å²) in [6, 6.07) is 5.91. The van der Waals surface area contributed by atoms with Gasteiger partial charge in [0, 0.05) is 6.07 Å². The van der Waals surface area contributed by atoms with Crippen LogP contribution >= 0.6 is 0 Å². The Kier molecular flexibility index (Phi) is 4.07. The molecular weight excluding hydrogens is 272 g/mol. The third-order valence-corrected chi connectivity index (χ3v) is 3.29. The highest BCUT2D eigenvalue weighted by atomic mass is 16.5. The van der Waals surface area contributed by atoms with Gasteiger partial charge in [0.15, 0.2) is 0 Å². The number of carbonyl (C=O) groups is 2. The molecular formula is C15H16N2O4. The van der Waals surface area contributed by atoms with Crippen molar-refractivity contribution in [3.63, 3.8) is 0 Å². The zero-order valence-electron chi connectivity index (χ0n) is 12.0. The number of anilines is 1. The first-order valence-electron chi connectivity index (χ1n) is 6.46. The molecule has 0 radical (unpaired) electrons. The lowest BCUT2D eigenvalue weighted by atomic mass is 10.1. The molecule has 0 fully saturated rings. The number of carboxylic acid groups (broad SMARTS) is 1. The van der Waals surface area contributed by atoms with E-state index in [0.29, 0.717) is 5.69 Å². The summed E-state index contributed by atoms with van der Waals surface area (Å²) in [5.41, 5.74) is 2.21. The van der Waals surface area contributed by atoms with E-state index in [-0.39, 0.29) is 5.76 Å². The highest BCUT2D eigenvalue weighted by Crippen LogP contribution is 2.28. The summed E-state index contributed by atoms with van der Waals surface area (Å²) in [5.74, 6) is -1.61. The number of carboxylic acids is 1. The molecule has 1 amide bonds. The molecule has 1 heterocycles. The Bertz CT molecular complexity index is 644. The molecule has 1 aromatic heterocycles. The van der Waals surface area contributed by atoms with Crippen molar-refractivity contribution < 1.29 is 19.2 Å². The van der Waals surface area contributed by atoms with Gasteiger partial charge in [0.2, 0.25) is 5.76 Å². The number of aromatic nitrogens is 1. The molecule has 0 saturated heterocycles. The van der Waals surface area contributed by atoms with E-state index in [4.69, 9.17) is 4.52 Å². The second-order valence-electron chi connectivity index (χ2n) is 4.81. The van der Waals surface area contributed by atoms with Crippen molar-refractivity contribution in [2.24, 2.45) is 0 Å². The molecule has 0 unspecified atom stereocenters. The van der Waals surface area contributed by atoms with Crippen molar-refractivity contribution in [3.05, 3.63) is 47.3 Å². The number of hydrogen-bond donors (Lipinski definition) is 1. The number of para-hydroxylation sites is 1. The van der Waals surface area contributed by atoms with Crippen LogP contribution in [-0.4, -0.2) is 28.2 Å². The third-order valence-electron chi connectivity index (χ3n) is 3.29. The normalized spacial score (nSPS) is 12.0. The molecule has 6 nitrogen and oxygen atoms in total. The van der Waals surface area contributed by atoms with E-state index in [9.17, 15) is 14.7 Å². The average molecular weight is 288 g/mol. The van der Waals surface area contributed by atoms with Gasteiger partial charge in [-0.3, -0.25) is 9.69 Å². The Labute approximate surface area is 122 Å². The number of hydrogen-bond acceptors (Lipinski definition) is 4. The van der Waals surface area contributed by atoms with Gasteiger partial charge in [-0.2, -0.15) is 0 Å². The number of amides is 1. The van der Waals surface area contributed by atoms with Crippen LogP contribution in [-0.2, 0) is 4.79 Å². The van der Waals surface area contributed by atoms with Gasteiger partial charge in [-0.1, -0.05) is 23.4 Å². The fourth-order valence-electron chi connectivity index (χ4n) is 2.21. The van der Waals surface area contributed by atoms with E-state index < -0.39 is 17.9 Å². The van der Waals surface area contributed by atoms with E-state index in [0.717, 1.165) is 11.1 Å². The minimum atomic E-state index is -1.09. The van der Waals surface area contributed by atoms with E-state index >= 15 is 0 Å². The van der Waals surface area contributed by atoms with Crippen molar-refractivity contribution >= 4 is 17.6 Å². The monoisotopic (exact) mass is 288 g/mol. The van der Waals surface area contributed by atoms with E-state index in [2.05, 4.69) is 5.16 Å². The van der Waals surface area contributed by atoms with Crippen LogP contribution in [0.2, 0.25) is 0 Å². The lowest BCUT2D eigenvalue weighted by Crippen LogP contribution is -2.44. The molecule has 0 bridgehead atoms. The Morgan fingerprint density at radius 3 is 2.33 bits per heavy atom. The highest BCUT2D eigenvalue weighted by Gasteiger charge is 2.31. The first-order valence-corrected chi connectivity index (χ1v) is 6.46. The molecule has 1 atom stereocenters. The molecule has 0 aliphatic heterocycles. The summed E-state index contributed by atoms with van der Waals surface area (Å²) < 4.78 is 4.87. The number of aryl methyl sites for hydroxylation is 2. The summed E-state index contributed by atoms with van der Waals surface area (Å²) >= 11 is 0. The van der Waals surface area contributed by atoms with E-state index in [1.54, 1.807) is 0 Å². The molecule has 2 aromatic rings. The summed E-state index contributed by atoms with van der Waals surface area (Å²) in [6.45, 7) is 5.12. The minimum Gasteiger partial charge on any atom is -0.480 e. The van der Waals surface area contributed by atoms with Gasteiger partial charge in [-0.05, 0) is 31.9 Å². The maximum Gasteiger partial charge on any atom is 0.326 e. The fraction of sp³-hybridized carbons (Fsp3) is 0.267. The van der Waals surface area contributed by atoms with Crippen molar-refractivity contribution in [3.8, 4) is 0 Å². The van der Waals surface area contributed by atoms with Crippen LogP contribution in [0.1, 0.15) is 28.6 Å². The lowest BCUT2D eigenvalue weighted by Gasteiger charge is -2.28. The zero-order chi connectivity index (χ0) is 15.6. The molecule has 21 heavy (non-hydrogen) atoms. The average Bonchev–Trinajstić information content (AvgIpc) is 2.95. The summed E-state index contributed by atoms with van der Waals surface area (Å²) in [5, 5.41) is 12.8. The van der Waals surface area contributed by atoms with Crippen LogP contribution < -0.4 is 4.90 Å². The number of benzene rings is 1. The molecule has 0 aliphatic carbocycles. The molecule has 0 spiro atoms. The highest BCUT2D eigenvalue weighted by molar-refractivity contribution is 6.08. The van der Waals surface area contributed by atoms with E-state index in [1.807, 2.05) is 32.0 Å². The van der Waals surface area contributed by atoms with Crippen LogP contribution in [0.4, 0.5) is 5.69 Å². The number of carbonyl (C=O) groups excluding carboxylic acids is 1. The van der Waals surface area contributed by atoms with Crippen molar-refractivity contribution in [2.45, 2.75) is 26.8 Å². The summed E-state index contributed by atoms with van der Waals surface area (Å²) in [7, 11) is 0. The fourth-order valence-corrected chi connectivity index (χ4v) is 2.21. The van der Waals surface area contributed by atoms with Crippen molar-refractivity contribution in [2.75, 3.05) is 4.90 Å². The molecule has 110 valence electrons. The standard InChI is InChI=1S/C15H16N2O4/c1-9-5-4-6-10(2)13(9)17(11(3)15(19)20)14(18)12-7-8-16-21-12/h4-8,11H,1-3H3,(H,19,20)/t11-/m0/s1. The van der Waals surface area contributed by atoms with Crippen molar-refractivity contribution in [1.82, 2.24) is 5.16 Å². The number of aliphatic carboxylic acids is 1. The molecule has 6 heteroatoms. The van der Waals surface area contributed by atoms with E-state index in [1.165, 1.54) is 24.1 Å². The Morgan fingerprint density at radius 1 is 1.24 bits per heavy atom. The molecule has 2 rings (SSSR count). The van der Waals surface area contributed by atoms with Crippen LogP contribution in [0.3, 0.4) is 0 Å². The van der Waals surface area contributed by atoms with Gasteiger partial charge >= 0.3 is 5.97 Å². The molecule has 1 aromatic carbocycles. The second-order valence-corrected chi connectivity index (χ2v) is 4.81. The van der Waals surface area contributed by atoms with Crippen molar-refractivity contribution in [1.29, 1.82) is 0 Å². The first kappa shape index (κ1) is 14.8. The molecule has 0 saturated carbocycles. The smallest absolute Gasteiger partial charge is 0.326 e. The largest absolute Gasteiger partial charge is 0.480 e. The SMILES string of the molecule is Cc1cccc(C)c1N(C(=O)c1ccno1)[C@@H](C)C(=O)O. The molecule has 0 aliphatic rings. The first-order chi connectivity index (χ1) is 9.93. The summed E-state index contributed by atoms with van der Waals surface area (Å²) in [6.07, 6.45) is 1.35. The van der Waals surface area contributed by atoms with Crippen LogP contribution in [0.15, 0.2) is 35.0 Å². The maximum absolute atomic E-state index is 12.6. The third kappa shape index (κ3) is 2.79. The van der Waals surface area contributed by atoms with Gasteiger partial charge in [0.1, 0.15) is 6.04 Å². The predicted octanol–water partition coefficient (Wildman–Crippen LogP) is 2.41. The number of nitrogens with zero attached hydrogens (tertiary/aromatic N) is 2. The Hall–Kier alpha value is -2.63. The van der Waals surface area contributed by atoms with Crippen LogP contribution in [0.25, 0.3) is 0 Å². The van der Waals surface area contributed by atoms with Gasteiger partial charge in [0.05, 0.1) is 11.9 Å². The van der Waals surface area contributed by atoms with Gasteiger partial charge in [-0.25, -0.2) is 4.79 Å². The Balaban J connectivity index is 2.56. The predicted molar refractivity (Wildman–Crippen MR) is 76.3 cm³/mol. The van der Waals surface area contributed by atoms with Gasteiger partial charge in [-0.15, -0.1) is 0 Å². The van der Waals surface area contributed by atoms with Gasteiger partial charge in [0.25, 0.3) is 5.91 Å². The minimum absolute atomic E-state index is 0.00533. The Morgan fingerprint density at radius 2 is 1.86 bits per heavy atom. The quantitative estimate of drug-likeness (QED) is 0.934. The maximum atomic E-state index is 12.6. The molecule has 1 N–H and O–H groups in total. The lowest BCUT2D eigenvalue weighted by molar-refractivity contribution is -0.138. The number of rotatable bonds is 4. The zero-order valence-corrected chi connectivity index (χ0v) is 12.0. The second kappa shape index (κ2) is 5.78. The van der Waals surface area contributed by atoms with Crippen LogP contribution in [0.5, 0.6) is 0 Å². The topological polar surface area (TPSA) is 83.6 Å². The summed E-state index contributed by atoms with van der Waals surface area (Å²) in [4.78, 5) is 25.2.